The van der Waals surface area contributed by atoms with E-state index in [1.54, 1.807) is 6.92 Å². The van der Waals surface area contributed by atoms with Crippen molar-refractivity contribution in [1.82, 2.24) is 10.1 Å². The molecule has 1 fully saturated rings. The van der Waals surface area contributed by atoms with Crippen molar-refractivity contribution in [3.63, 3.8) is 0 Å². The fourth-order valence-electron chi connectivity index (χ4n) is 2.78. The third-order valence-electron chi connectivity index (χ3n) is 3.56. The molecule has 0 amide bonds. The predicted molar refractivity (Wildman–Crippen MR) is 79.2 cm³/mol. The minimum Gasteiger partial charge on any atom is -0.372 e. The monoisotopic (exact) mass is 309 g/mol. The van der Waals surface area contributed by atoms with Gasteiger partial charge in [0.05, 0.1) is 17.9 Å². The molecule has 2 aromatic heterocycles. The second-order valence-electron chi connectivity index (χ2n) is 5.39. The molecule has 0 aliphatic carbocycles. The number of carbonyl (C=O) groups is 1. The van der Waals surface area contributed by atoms with Gasteiger partial charge in [-0.05, 0) is 20.8 Å². The minimum atomic E-state index is 0.0523. The standard InChI is InChI=1S/C14H16ClN3O3/c1-7-4-18(5-8(2)20-7)13-10(6-19)16-12-9(3)17-21-14(12)11(13)15/h6-8H,4-5H2,1-3H3. The first-order valence-corrected chi connectivity index (χ1v) is 7.20. The van der Waals surface area contributed by atoms with Crippen LogP contribution in [0.25, 0.3) is 11.1 Å². The molecule has 1 saturated heterocycles. The number of rotatable bonds is 2. The van der Waals surface area contributed by atoms with E-state index in [0.29, 0.717) is 46.3 Å². The number of ether oxygens (including phenoxy) is 1. The molecule has 1 aliphatic rings. The largest absolute Gasteiger partial charge is 0.372 e. The number of aromatic nitrogens is 2. The maximum atomic E-state index is 11.4. The number of pyridine rings is 1. The lowest BCUT2D eigenvalue weighted by molar-refractivity contribution is -0.00526. The highest BCUT2D eigenvalue weighted by Gasteiger charge is 2.28. The van der Waals surface area contributed by atoms with Gasteiger partial charge in [0.2, 0.25) is 5.58 Å². The van der Waals surface area contributed by atoms with Crippen molar-refractivity contribution >= 4 is 34.7 Å². The second-order valence-corrected chi connectivity index (χ2v) is 5.76. The summed E-state index contributed by atoms with van der Waals surface area (Å²) < 4.78 is 11.0. The molecule has 3 heterocycles. The SMILES string of the molecule is Cc1noc2c(Cl)c(N3CC(C)OC(C)C3)c(C=O)nc12. The summed E-state index contributed by atoms with van der Waals surface area (Å²) in [6, 6.07) is 0. The average Bonchev–Trinajstić information content (AvgIpc) is 2.79. The lowest BCUT2D eigenvalue weighted by atomic mass is 10.1. The van der Waals surface area contributed by atoms with E-state index < -0.39 is 0 Å². The van der Waals surface area contributed by atoms with E-state index in [9.17, 15) is 4.79 Å². The number of fused-ring (bicyclic) bond motifs is 1. The molecule has 0 bridgehead atoms. The molecule has 2 atom stereocenters. The number of hydrogen-bond acceptors (Lipinski definition) is 6. The zero-order chi connectivity index (χ0) is 15.1. The number of nitrogens with zero attached hydrogens (tertiary/aromatic N) is 3. The molecule has 112 valence electrons. The van der Waals surface area contributed by atoms with Crippen LogP contribution in [0.5, 0.6) is 0 Å². The molecule has 6 nitrogen and oxygen atoms in total. The quantitative estimate of drug-likeness (QED) is 0.794. The molecular formula is C14H16ClN3O3. The van der Waals surface area contributed by atoms with Crippen LogP contribution in [0.3, 0.4) is 0 Å². The Kier molecular flexibility index (Phi) is 3.59. The fourth-order valence-corrected chi connectivity index (χ4v) is 3.12. The fraction of sp³-hybridized carbons (Fsp3) is 0.500. The van der Waals surface area contributed by atoms with Gasteiger partial charge in [0.25, 0.3) is 0 Å². The summed E-state index contributed by atoms with van der Waals surface area (Å²) in [5.74, 6) is 0. The van der Waals surface area contributed by atoms with Gasteiger partial charge in [-0.2, -0.15) is 0 Å². The Morgan fingerprint density at radius 1 is 1.33 bits per heavy atom. The van der Waals surface area contributed by atoms with Crippen LogP contribution in [0, 0.1) is 6.92 Å². The molecule has 0 N–H and O–H groups in total. The van der Waals surface area contributed by atoms with Crippen molar-refractivity contribution in [1.29, 1.82) is 0 Å². The van der Waals surface area contributed by atoms with Gasteiger partial charge in [-0.25, -0.2) is 4.98 Å². The Labute approximate surface area is 127 Å². The first-order valence-electron chi connectivity index (χ1n) is 6.82. The molecule has 2 aromatic rings. The number of morpholine rings is 1. The summed E-state index contributed by atoms with van der Waals surface area (Å²) in [7, 11) is 0. The van der Waals surface area contributed by atoms with Crippen LogP contribution in [0.15, 0.2) is 4.52 Å². The maximum absolute atomic E-state index is 11.4. The van der Waals surface area contributed by atoms with Crippen LogP contribution in [0.4, 0.5) is 5.69 Å². The van der Waals surface area contributed by atoms with E-state index in [1.807, 2.05) is 18.7 Å². The van der Waals surface area contributed by atoms with Crippen LogP contribution in [-0.2, 0) is 4.74 Å². The number of halogens is 1. The number of anilines is 1. The van der Waals surface area contributed by atoms with Crippen molar-refractivity contribution in [3.8, 4) is 0 Å². The lowest BCUT2D eigenvalue weighted by Gasteiger charge is -2.37. The number of carbonyl (C=O) groups excluding carboxylic acids is 1. The molecule has 0 saturated carbocycles. The molecular weight excluding hydrogens is 294 g/mol. The minimum absolute atomic E-state index is 0.0523. The van der Waals surface area contributed by atoms with E-state index >= 15 is 0 Å². The zero-order valence-electron chi connectivity index (χ0n) is 12.1. The normalized spacial score (nSPS) is 22.8. The summed E-state index contributed by atoms with van der Waals surface area (Å²) in [5, 5.41) is 4.25. The third kappa shape index (κ3) is 2.38. The van der Waals surface area contributed by atoms with Gasteiger partial charge < -0.3 is 14.2 Å². The van der Waals surface area contributed by atoms with Gasteiger partial charge >= 0.3 is 0 Å². The zero-order valence-corrected chi connectivity index (χ0v) is 12.8. The lowest BCUT2D eigenvalue weighted by Crippen LogP contribution is -2.46. The Hall–Kier alpha value is -1.66. The van der Waals surface area contributed by atoms with Gasteiger partial charge in [0.1, 0.15) is 21.9 Å². The summed E-state index contributed by atoms with van der Waals surface area (Å²) >= 11 is 6.45. The maximum Gasteiger partial charge on any atom is 0.206 e. The van der Waals surface area contributed by atoms with Crippen LogP contribution < -0.4 is 4.90 Å². The highest BCUT2D eigenvalue weighted by atomic mass is 35.5. The highest BCUT2D eigenvalue weighted by Crippen LogP contribution is 2.36. The third-order valence-corrected chi connectivity index (χ3v) is 3.91. The van der Waals surface area contributed by atoms with Crippen molar-refractivity contribution in [3.05, 3.63) is 16.4 Å². The molecule has 2 unspecified atom stereocenters. The number of aldehydes is 1. The van der Waals surface area contributed by atoms with E-state index in [-0.39, 0.29) is 12.2 Å². The molecule has 7 heteroatoms. The second kappa shape index (κ2) is 5.27. The summed E-state index contributed by atoms with van der Waals surface area (Å²) in [6.07, 6.45) is 0.825. The van der Waals surface area contributed by atoms with Gasteiger partial charge in [-0.3, -0.25) is 4.79 Å². The predicted octanol–water partition coefficient (Wildman–Crippen LogP) is 2.61. The first-order chi connectivity index (χ1) is 10.0. The van der Waals surface area contributed by atoms with Crippen molar-refractivity contribution in [2.24, 2.45) is 0 Å². The van der Waals surface area contributed by atoms with Crippen LogP contribution in [0.1, 0.15) is 30.0 Å². The van der Waals surface area contributed by atoms with Gasteiger partial charge in [0.15, 0.2) is 6.29 Å². The Bertz CT molecular complexity index is 690. The van der Waals surface area contributed by atoms with E-state index in [4.69, 9.17) is 20.9 Å². The van der Waals surface area contributed by atoms with E-state index in [0.717, 1.165) is 6.29 Å². The Morgan fingerprint density at radius 2 is 2.00 bits per heavy atom. The summed E-state index contributed by atoms with van der Waals surface area (Å²) in [4.78, 5) is 17.8. The smallest absolute Gasteiger partial charge is 0.206 e. The molecule has 21 heavy (non-hydrogen) atoms. The molecule has 0 radical (unpaired) electrons. The topological polar surface area (TPSA) is 68.5 Å². The van der Waals surface area contributed by atoms with Gasteiger partial charge in [-0.15, -0.1) is 0 Å². The Morgan fingerprint density at radius 3 is 2.62 bits per heavy atom. The average molecular weight is 310 g/mol. The van der Waals surface area contributed by atoms with E-state index in [2.05, 4.69) is 10.1 Å². The molecule has 1 aliphatic heterocycles. The van der Waals surface area contributed by atoms with Crippen molar-refractivity contribution in [2.45, 2.75) is 33.0 Å². The highest BCUT2D eigenvalue weighted by molar-refractivity contribution is 6.38. The van der Waals surface area contributed by atoms with Gasteiger partial charge in [0, 0.05) is 13.1 Å². The van der Waals surface area contributed by atoms with Crippen LogP contribution in [-0.4, -0.2) is 41.7 Å². The Balaban J connectivity index is 2.16. The van der Waals surface area contributed by atoms with Crippen LogP contribution >= 0.6 is 11.6 Å². The molecule has 0 aromatic carbocycles. The molecule has 0 spiro atoms. The summed E-state index contributed by atoms with van der Waals surface area (Å²) in [5.41, 5.74) is 2.46. The number of hydrogen-bond donors (Lipinski definition) is 0. The first kappa shape index (κ1) is 14.3. The van der Waals surface area contributed by atoms with Crippen LogP contribution in [0.2, 0.25) is 5.02 Å². The number of aryl methyl sites for hydroxylation is 1. The molecule has 3 rings (SSSR count). The van der Waals surface area contributed by atoms with E-state index in [1.165, 1.54) is 0 Å². The van der Waals surface area contributed by atoms with Crippen molar-refractivity contribution in [2.75, 3.05) is 18.0 Å². The summed E-state index contributed by atoms with van der Waals surface area (Å²) in [6.45, 7) is 7.03. The van der Waals surface area contributed by atoms with Crippen molar-refractivity contribution < 1.29 is 14.1 Å². The van der Waals surface area contributed by atoms with Gasteiger partial charge in [-0.1, -0.05) is 16.8 Å².